The molecule has 2 nitrogen and oxygen atoms in total. The van der Waals surface area contributed by atoms with Crippen LogP contribution in [0.5, 0.6) is 0 Å². The number of nitrogens with zero attached hydrogens (tertiary/aromatic N) is 1. The fourth-order valence-corrected chi connectivity index (χ4v) is 2.00. The molecule has 0 fully saturated rings. The highest BCUT2D eigenvalue weighted by Crippen LogP contribution is 2.22. The van der Waals surface area contributed by atoms with Crippen LogP contribution in [0.25, 0.3) is 10.2 Å². The molecule has 0 saturated carbocycles. The van der Waals surface area contributed by atoms with E-state index in [-0.39, 0.29) is 0 Å². The summed E-state index contributed by atoms with van der Waals surface area (Å²) in [5.41, 5.74) is 6.73. The van der Waals surface area contributed by atoms with Crippen molar-refractivity contribution < 1.29 is 0 Å². The molecule has 0 amide bonds. The molecule has 0 aliphatic rings. The maximum atomic E-state index is 5.54. The minimum absolute atomic E-state index is 0.603. The quantitative estimate of drug-likeness (QED) is 0.697. The topological polar surface area (TPSA) is 38.9 Å². The van der Waals surface area contributed by atoms with E-state index in [1.54, 1.807) is 17.5 Å². The molecule has 0 aromatic carbocycles. The Bertz CT molecular complexity index is 367. The molecule has 0 bridgehead atoms. The SMILES string of the molecule is NCc1csc2ncccc12. The molecule has 0 spiro atoms. The maximum absolute atomic E-state index is 5.54. The summed E-state index contributed by atoms with van der Waals surface area (Å²) in [4.78, 5) is 5.29. The molecular weight excluding hydrogens is 156 g/mol. The van der Waals surface area contributed by atoms with Crippen LogP contribution >= 0.6 is 11.3 Å². The zero-order chi connectivity index (χ0) is 7.68. The van der Waals surface area contributed by atoms with Crippen LogP contribution in [-0.4, -0.2) is 4.98 Å². The van der Waals surface area contributed by atoms with Crippen molar-refractivity contribution in [3.8, 4) is 0 Å². The van der Waals surface area contributed by atoms with Crippen LogP contribution in [0.2, 0.25) is 0 Å². The lowest BCUT2D eigenvalue weighted by Crippen LogP contribution is -1.93. The average molecular weight is 164 g/mol. The predicted octanol–water partition coefficient (Wildman–Crippen LogP) is 1.75. The summed E-state index contributed by atoms with van der Waals surface area (Å²) < 4.78 is 0. The van der Waals surface area contributed by atoms with Gasteiger partial charge in [-0.15, -0.1) is 11.3 Å². The van der Waals surface area contributed by atoms with Gasteiger partial charge in [-0.2, -0.15) is 0 Å². The Labute approximate surface area is 68.7 Å². The summed E-state index contributed by atoms with van der Waals surface area (Å²) >= 11 is 1.65. The van der Waals surface area contributed by atoms with Crippen molar-refractivity contribution in [3.63, 3.8) is 0 Å². The fourth-order valence-electron chi connectivity index (χ4n) is 1.08. The van der Waals surface area contributed by atoms with Gasteiger partial charge in [0, 0.05) is 18.1 Å². The van der Waals surface area contributed by atoms with Crippen molar-refractivity contribution in [2.24, 2.45) is 5.73 Å². The van der Waals surface area contributed by atoms with Crippen LogP contribution in [0.4, 0.5) is 0 Å². The van der Waals surface area contributed by atoms with E-state index in [0.717, 1.165) is 4.83 Å². The molecular formula is C8H8N2S. The maximum Gasteiger partial charge on any atom is 0.123 e. The normalized spacial score (nSPS) is 10.6. The van der Waals surface area contributed by atoms with Crippen molar-refractivity contribution in [2.45, 2.75) is 6.54 Å². The summed E-state index contributed by atoms with van der Waals surface area (Å²) in [5, 5.41) is 3.26. The largest absolute Gasteiger partial charge is 0.326 e. The van der Waals surface area contributed by atoms with E-state index in [4.69, 9.17) is 5.73 Å². The third-order valence-corrected chi connectivity index (χ3v) is 2.60. The number of nitrogens with two attached hydrogens (primary N) is 1. The molecule has 0 aliphatic heterocycles. The first-order valence-electron chi connectivity index (χ1n) is 3.43. The second-order valence-corrected chi connectivity index (χ2v) is 3.18. The van der Waals surface area contributed by atoms with Gasteiger partial charge in [-0.1, -0.05) is 6.07 Å². The monoisotopic (exact) mass is 164 g/mol. The van der Waals surface area contributed by atoms with Crippen LogP contribution in [0.1, 0.15) is 5.56 Å². The number of fused-ring (bicyclic) bond motifs is 1. The van der Waals surface area contributed by atoms with E-state index < -0.39 is 0 Å². The zero-order valence-corrected chi connectivity index (χ0v) is 6.77. The first-order valence-corrected chi connectivity index (χ1v) is 4.31. The number of rotatable bonds is 1. The third-order valence-electron chi connectivity index (χ3n) is 1.65. The van der Waals surface area contributed by atoms with Gasteiger partial charge in [0.2, 0.25) is 0 Å². The minimum atomic E-state index is 0.603. The lowest BCUT2D eigenvalue weighted by molar-refractivity contribution is 1.09. The zero-order valence-electron chi connectivity index (χ0n) is 5.95. The van der Waals surface area contributed by atoms with E-state index >= 15 is 0 Å². The van der Waals surface area contributed by atoms with Gasteiger partial charge in [0.25, 0.3) is 0 Å². The lowest BCUT2D eigenvalue weighted by Gasteiger charge is -1.90. The molecule has 0 atom stereocenters. The van der Waals surface area contributed by atoms with Gasteiger partial charge in [-0.25, -0.2) is 4.98 Å². The highest BCUT2D eigenvalue weighted by Gasteiger charge is 2.00. The second kappa shape index (κ2) is 2.60. The first-order chi connectivity index (χ1) is 5.42. The number of thiophene rings is 1. The Morgan fingerprint density at radius 2 is 2.45 bits per heavy atom. The molecule has 11 heavy (non-hydrogen) atoms. The van der Waals surface area contributed by atoms with E-state index in [0.29, 0.717) is 6.54 Å². The molecule has 2 rings (SSSR count). The summed E-state index contributed by atoms with van der Waals surface area (Å²) in [7, 11) is 0. The average Bonchev–Trinajstić information content (AvgIpc) is 2.47. The molecule has 2 heterocycles. The highest BCUT2D eigenvalue weighted by molar-refractivity contribution is 7.16. The Kier molecular flexibility index (Phi) is 1.60. The van der Waals surface area contributed by atoms with E-state index in [1.807, 2.05) is 6.07 Å². The number of pyridine rings is 1. The van der Waals surface area contributed by atoms with Gasteiger partial charge >= 0.3 is 0 Å². The smallest absolute Gasteiger partial charge is 0.123 e. The molecule has 0 unspecified atom stereocenters. The summed E-state index contributed by atoms with van der Waals surface area (Å²) in [5.74, 6) is 0. The van der Waals surface area contributed by atoms with Crippen molar-refractivity contribution >= 4 is 21.6 Å². The van der Waals surface area contributed by atoms with Crippen molar-refractivity contribution in [1.29, 1.82) is 0 Å². The van der Waals surface area contributed by atoms with E-state index in [9.17, 15) is 0 Å². The molecule has 2 aromatic rings. The van der Waals surface area contributed by atoms with Crippen LogP contribution in [0, 0.1) is 0 Å². The number of hydrogen-bond donors (Lipinski definition) is 1. The molecule has 2 aromatic heterocycles. The van der Waals surface area contributed by atoms with E-state index in [1.165, 1.54) is 10.9 Å². The highest BCUT2D eigenvalue weighted by atomic mass is 32.1. The van der Waals surface area contributed by atoms with Gasteiger partial charge in [0.15, 0.2) is 0 Å². The Balaban J connectivity index is 2.76. The van der Waals surface area contributed by atoms with Crippen molar-refractivity contribution in [2.75, 3.05) is 0 Å². The van der Waals surface area contributed by atoms with Crippen LogP contribution in [-0.2, 0) is 6.54 Å². The standard InChI is InChI=1S/C8H8N2S/c9-4-6-5-11-8-7(6)2-1-3-10-8/h1-3,5H,4,9H2. The fraction of sp³-hybridized carbons (Fsp3) is 0.125. The predicted molar refractivity (Wildman–Crippen MR) is 47.5 cm³/mol. The molecule has 0 saturated heterocycles. The third kappa shape index (κ3) is 1.02. The van der Waals surface area contributed by atoms with Crippen LogP contribution in [0.3, 0.4) is 0 Å². The van der Waals surface area contributed by atoms with Crippen LogP contribution < -0.4 is 5.73 Å². The van der Waals surface area contributed by atoms with Gasteiger partial charge in [-0.3, -0.25) is 0 Å². The lowest BCUT2D eigenvalue weighted by atomic mass is 10.2. The van der Waals surface area contributed by atoms with Crippen molar-refractivity contribution in [3.05, 3.63) is 29.3 Å². The van der Waals surface area contributed by atoms with Crippen molar-refractivity contribution in [1.82, 2.24) is 4.98 Å². The Morgan fingerprint density at radius 1 is 1.55 bits per heavy atom. The van der Waals surface area contributed by atoms with Gasteiger partial charge in [0.05, 0.1) is 0 Å². The molecule has 56 valence electrons. The summed E-state index contributed by atoms with van der Waals surface area (Å²) in [6, 6.07) is 4.00. The van der Waals surface area contributed by atoms with E-state index in [2.05, 4.69) is 16.4 Å². The minimum Gasteiger partial charge on any atom is -0.326 e. The van der Waals surface area contributed by atoms with Gasteiger partial charge < -0.3 is 5.73 Å². The number of hydrogen-bond acceptors (Lipinski definition) is 3. The molecule has 3 heteroatoms. The molecule has 2 N–H and O–H groups in total. The Morgan fingerprint density at radius 3 is 3.27 bits per heavy atom. The van der Waals surface area contributed by atoms with Crippen LogP contribution in [0.15, 0.2) is 23.7 Å². The summed E-state index contributed by atoms with van der Waals surface area (Å²) in [6.45, 7) is 0.603. The van der Waals surface area contributed by atoms with Gasteiger partial charge in [0.1, 0.15) is 4.83 Å². The summed E-state index contributed by atoms with van der Waals surface area (Å²) in [6.07, 6.45) is 1.80. The Hall–Kier alpha value is -0.930. The first kappa shape index (κ1) is 6.76. The number of aromatic nitrogens is 1. The molecule has 0 aliphatic carbocycles. The van der Waals surface area contributed by atoms with Gasteiger partial charge in [-0.05, 0) is 17.0 Å². The molecule has 0 radical (unpaired) electrons. The second-order valence-electron chi connectivity index (χ2n) is 2.32.